The maximum absolute atomic E-state index is 3.31. The van der Waals surface area contributed by atoms with Gasteiger partial charge in [0, 0.05) is 6.54 Å². The zero-order valence-electron chi connectivity index (χ0n) is 6.78. The highest BCUT2D eigenvalue weighted by atomic mass is 14.8. The van der Waals surface area contributed by atoms with Crippen molar-refractivity contribution in [3.8, 4) is 0 Å². The molecule has 0 unspecified atom stereocenters. The zero-order valence-corrected chi connectivity index (χ0v) is 6.78. The third-order valence-electron chi connectivity index (χ3n) is 1.71. The van der Waals surface area contributed by atoms with Gasteiger partial charge in [-0.05, 0) is 19.9 Å². The molecule has 0 aliphatic heterocycles. The molecule has 1 aliphatic rings. The van der Waals surface area contributed by atoms with Crippen molar-refractivity contribution >= 4 is 0 Å². The Morgan fingerprint density at radius 3 is 2.80 bits per heavy atom. The largest absolute Gasteiger partial charge is 0.313 e. The molecule has 0 saturated heterocycles. The first-order valence-electron chi connectivity index (χ1n) is 3.89. The molecule has 1 nitrogen and oxygen atoms in total. The second kappa shape index (κ2) is 3.57. The lowest BCUT2D eigenvalue weighted by atomic mass is 10.2. The third kappa shape index (κ3) is 1.99. The van der Waals surface area contributed by atoms with E-state index >= 15 is 0 Å². The van der Waals surface area contributed by atoms with E-state index in [1.165, 1.54) is 17.6 Å². The van der Waals surface area contributed by atoms with Crippen LogP contribution >= 0.6 is 0 Å². The van der Waals surface area contributed by atoms with Crippen LogP contribution in [0.1, 0.15) is 20.3 Å². The lowest BCUT2D eigenvalue weighted by Crippen LogP contribution is -2.15. The van der Waals surface area contributed by atoms with E-state index in [1.54, 1.807) is 0 Å². The molecule has 56 valence electrons. The van der Waals surface area contributed by atoms with Gasteiger partial charge in [0.05, 0.1) is 0 Å². The summed E-state index contributed by atoms with van der Waals surface area (Å²) in [4.78, 5) is 0. The van der Waals surface area contributed by atoms with E-state index in [9.17, 15) is 0 Å². The van der Waals surface area contributed by atoms with Crippen molar-refractivity contribution in [3.63, 3.8) is 0 Å². The number of rotatable bonds is 3. The fraction of sp³-hybridized carbons (Fsp3) is 0.556. The summed E-state index contributed by atoms with van der Waals surface area (Å²) in [5.41, 5.74) is 2.99. The molecule has 1 N–H and O–H groups in total. The van der Waals surface area contributed by atoms with Gasteiger partial charge in [0.1, 0.15) is 0 Å². The molecule has 0 heterocycles. The second-order valence-electron chi connectivity index (χ2n) is 2.80. The first-order chi connectivity index (χ1) is 4.83. The van der Waals surface area contributed by atoms with Crippen LogP contribution in [0.2, 0.25) is 0 Å². The molecule has 0 aromatic rings. The molecular formula is C9H15N. The predicted octanol–water partition coefficient (Wildman–Crippen LogP) is 1.87. The van der Waals surface area contributed by atoms with Gasteiger partial charge in [0.15, 0.2) is 0 Å². The van der Waals surface area contributed by atoms with Crippen LogP contribution in [0.15, 0.2) is 23.3 Å². The van der Waals surface area contributed by atoms with Gasteiger partial charge in [0.25, 0.3) is 0 Å². The Morgan fingerprint density at radius 1 is 1.50 bits per heavy atom. The fourth-order valence-electron chi connectivity index (χ4n) is 1.14. The molecule has 1 heteroatoms. The molecule has 0 fully saturated rings. The molecule has 0 bridgehead atoms. The minimum atomic E-state index is 1.06. The van der Waals surface area contributed by atoms with E-state index in [-0.39, 0.29) is 0 Å². The van der Waals surface area contributed by atoms with Gasteiger partial charge in [-0.2, -0.15) is 0 Å². The van der Waals surface area contributed by atoms with Crippen LogP contribution in [-0.2, 0) is 0 Å². The lowest BCUT2D eigenvalue weighted by Gasteiger charge is -2.01. The molecule has 0 aromatic heterocycles. The first-order valence-corrected chi connectivity index (χ1v) is 3.89. The van der Waals surface area contributed by atoms with Crippen LogP contribution in [-0.4, -0.2) is 13.1 Å². The van der Waals surface area contributed by atoms with Gasteiger partial charge in [-0.15, -0.1) is 0 Å². The standard InChI is InChI=1S/C9H15N/c1-3-10-7-9-5-4-8(2)6-9/h4-5,10H,3,6-7H2,1-2H3. The highest BCUT2D eigenvalue weighted by Crippen LogP contribution is 2.16. The molecule has 0 amide bonds. The van der Waals surface area contributed by atoms with Crippen LogP contribution in [0, 0.1) is 0 Å². The van der Waals surface area contributed by atoms with Gasteiger partial charge in [-0.1, -0.05) is 30.2 Å². The summed E-state index contributed by atoms with van der Waals surface area (Å²) < 4.78 is 0. The molecule has 1 aliphatic carbocycles. The van der Waals surface area contributed by atoms with Crippen LogP contribution in [0.3, 0.4) is 0 Å². The number of likely N-dealkylation sites (N-methyl/N-ethyl adjacent to an activating group) is 1. The lowest BCUT2D eigenvalue weighted by molar-refractivity contribution is 0.766. The Bertz CT molecular complexity index is 166. The fourth-order valence-corrected chi connectivity index (χ4v) is 1.14. The van der Waals surface area contributed by atoms with Crippen molar-refractivity contribution in [2.45, 2.75) is 20.3 Å². The van der Waals surface area contributed by atoms with E-state index in [1.807, 2.05) is 0 Å². The summed E-state index contributed by atoms with van der Waals surface area (Å²) in [6, 6.07) is 0. The summed E-state index contributed by atoms with van der Waals surface area (Å²) in [5.74, 6) is 0. The molecule has 0 radical (unpaired) electrons. The van der Waals surface area contributed by atoms with E-state index in [2.05, 4.69) is 31.3 Å². The number of nitrogens with one attached hydrogen (secondary N) is 1. The summed E-state index contributed by atoms with van der Waals surface area (Å²) in [5, 5.41) is 3.31. The van der Waals surface area contributed by atoms with Crippen LogP contribution < -0.4 is 5.32 Å². The highest BCUT2D eigenvalue weighted by molar-refractivity contribution is 5.29. The summed E-state index contributed by atoms with van der Waals surface area (Å²) in [6.07, 6.45) is 5.59. The molecule has 0 aromatic carbocycles. The van der Waals surface area contributed by atoms with E-state index in [4.69, 9.17) is 0 Å². The van der Waals surface area contributed by atoms with Gasteiger partial charge >= 0.3 is 0 Å². The van der Waals surface area contributed by atoms with Gasteiger partial charge < -0.3 is 5.32 Å². The Labute approximate surface area is 62.8 Å². The van der Waals surface area contributed by atoms with Crippen molar-refractivity contribution in [1.29, 1.82) is 0 Å². The SMILES string of the molecule is CCNCC1=CC=C(C)C1. The first kappa shape index (κ1) is 7.55. The van der Waals surface area contributed by atoms with Crippen molar-refractivity contribution in [1.82, 2.24) is 5.32 Å². The van der Waals surface area contributed by atoms with E-state index in [0.717, 1.165) is 13.1 Å². The van der Waals surface area contributed by atoms with Gasteiger partial charge in [0.2, 0.25) is 0 Å². The van der Waals surface area contributed by atoms with Crippen molar-refractivity contribution < 1.29 is 0 Å². The van der Waals surface area contributed by atoms with Crippen LogP contribution in [0.25, 0.3) is 0 Å². The van der Waals surface area contributed by atoms with Gasteiger partial charge in [-0.3, -0.25) is 0 Å². The van der Waals surface area contributed by atoms with Crippen molar-refractivity contribution in [2.24, 2.45) is 0 Å². The average Bonchev–Trinajstić information content (AvgIpc) is 2.31. The zero-order chi connectivity index (χ0) is 7.40. The number of hydrogen-bond acceptors (Lipinski definition) is 1. The average molecular weight is 137 g/mol. The number of hydrogen-bond donors (Lipinski definition) is 1. The Balaban J connectivity index is 2.22. The number of allylic oxidation sites excluding steroid dienone is 3. The Kier molecular flexibility index (Phi) is 2.69. The summed E-state index contributed by atoms with van der Waals surface area (Å²) >= 11 is 0. The molecule has 1 rings (SSSR count). The molecule has 10 heavy (non-hydrogen) atoms. The summed E-state index contributed by atoms with van der Waals surface area (Å²) in [6.45, 7) is 6.44. The normalized spacial score (nSPS) is 17.0. The molecule has 0 spiro atoms. The highest BCUT2D eigenvalue weighted by Gasteiger charge is 2.02. The molecule has 0 saturated carbocycles. The van der Waals surface area contributed by atoms with Crippen molar-refractivity contribution in [2.75, 3.05) is 13.1 Å². The van der Waals surface area contributed by atoms with E-state index in [0.29, 0.717) is 0 Å². The Morgan fingerprint density at radius 2 is 2.30 bits per heavy atom. The Hall–Kier alpha value is -0.560. The monoisotopic (exact) mass is 137 g/mol. The van der Waals surface area contributed by atoms with Crippen LogP contribution in [0.4, 0.5) is 0 Å². The molecular weight excluding hydrogens is 122 g/mol. The molecule has 0 atom stereocenters. The third-order valence-corrected chi connectivity index (χ3v) is 1.71. The van der Waals surface area contributed by atoms with Gasteiger partial charge in [-0.25, -0.2) is 0 Å². The van der Waals surface area contributed by atoms with E-state index < -0.39 is 0 Å². The maximum Gasteiger partial charge on any atom is 0.0170 e. The minimum Gasteiger partial charge on any atom is -0.313 e. The topological polar surface area (TPSA) is 12.0 Å². The maximum atomic E-state index is 3.31. The second-order valence-corrected chi connectivity index (χ2v) is 2.80. The predicted molar refractivity (Wildman–Crippen MR) is 45.0 cm³/mol. The minimum absolute atomic E-state index is 1.06. The van der Waals surface area contributed by atoms with Crippen molar-refractivity contribution in [3.05, 3.63) is 23.3 Å². The smallest absolute Gasteiger partial charge is 0.0170 e. The summed E-state index contributed by atoms with van der Waals surface area (Å²) in [7, 11) is 0. The van der Waals surface area contributed by atoms with Crippen LogP contribution in [0.5, 0.6) is 0 Å². The quantitative estimate of drug-likeness (QED) is 0.626.